The van der Waals surface area contributed by atoms with Crippen LogP contribution in [-0.2, 0) is 6.54 Å². The molecule has 1 amide bonds. The van der Waals surface area contributed by atoms with Gasteiger partial charge in [0.1, 0.15) is 23.9 Å². The standard InChI is InChI=1S/C16H15NO4/c18-12-5-6-13(14(19)9-12)16(20)17-7-8-21-15-4-2-1-3-11(15)10-17/h1-6,9,18-19H,7-8,10H2. The minimum atomic E-state index is -0.284. The van der Waals surface area contributed by atoms with E-state index in [1.165, 1.54) is 12.1 Å². The van der Waals surface area contributed by atoms with Gasteiger partial charge in [0.15, 0.2) is 0 Å². The third kappa shape index (κ3) is 2.63. The van der Waals surface area contributed by atoms with Crippen LogP contribution >= 0.6 is 0 Å². The highest BCUT2D eigenvalue weighted by molar-refractivity contribution is 5.97. The van der Waals surface area contributed by atoms with Crippen LogP contribution in [0, 0.1) is 0 Å². The number of carbonyl (C=O) groups is 1. The number of hydrogen-bond donors (Lipinski definition) is 2. The number of ether oxygens (including phenoxy) is 1. The minimum absolute atomic E-state index is 0.0754. The Kier molecular flexibility index (Phi) is 3.39. The average molecular weight is 285 g/mol. The summed E-state index contributed by atoms with van der Waals surface area (Å²) < 4.78 is 5.62. The molecule has 0 bridgehead atoms. The molecule has 3 rings (SSSR count). The summed E-state index contributed by atoms with van der Waals surface area (Å²) in [5, 5.41) is 19.1. The second kappa shape index (κ2) is 5.36. The van der Waals surface area contributed by atoms with E-state index in [1.807, 2.05) is 24.3 Å². The van der Waals surface area contributed by atoms with Gasteiger partial charge in [-0.15, -0.1) is 0 Å². The molecular weight excluding hydrogens is 270 g/mol. The van der Waals surface area contributed by atoms with E-state index in [2.05, 4.69) is 0 Å². The van der Waals surface area contributed by atoms with E-state index in [0.29, 0.717) is 19.7 Å². The molecule has 0 radical (unpaired) electrons. The van der Waals surface area contributed by atoms with Crippen molar-refractivity contribution >= 4 is 5.91 Å². The van der Waals surface area contributed by atoms with Crippen molar-refractivity contribution in [2.24, 2.45) is 0 Å². The molecule has 2 aromatic carbocycles. The normalized spacial score (nSPS) is 14.0. The number of benzene rings is 2. The number of phenols is 2. The number of hydrogen-bond acceptors (Lipinski definition) is 4. The molecule has 5 nitrogen and oxygen atoms in total. The van der Waals surface area contributed by atoms with E-state index in [-0.39, 0.29) is 23.0 Å². The molecule has 0 fully saturated rings. The van der Waals surface area contributed by atoms with E-state index >= 15 is 0 Å². The molecule has 0 aromatic heterocycles. The van der Waals surface area contributed by atoms with Crippen molar-refractivity contribution in [2.45, 2.75) is 6.54 Å². The molecule has 108 valence electrons. The molecule has 0 atom stereocenters. The lowest BCUT2D eigenvalue weighted by Crippen LogP contribution is -2.32. The number of nitrogens with zero attached hydrogens (tertiary/aromatic N) is 1. The minimum Gasteiger partial charge on any atom is -0.508 e. The molecule has 0 aliphatic carbocycles. The summed E-state index contributed by atoms with van der Waals surface area (Å²) in [7, 11) is 0. The van der Waals surface area contributed by atoms with Gasteiger partial charge in [-0.25, -0.2) is 0 Å². The van der Waals surface area contributed by atoms with E-state index in [4.69, 9.17) is 4.74 Å². The third-order valence-corrected chi connectivity index (χ3v) is 3.45. The fourth-order valence-corrected chi connectivity index (χ4v) is 2.37. The van der Waals surface area contributed by atoms with Crippen LogP contribution in [0.5, 0.6) is 17.2 Å². The number of phenolic OH excluding ortho intramolecular Hbond substituents is 2. The van der Waals surface area contributed by atoms with Crippen LogP contribution in [0.2, 0.25) is 0 Å². The first-order valence-electron chi connectivity index (χ1n) is 6.67. The summed E-state index contributed by atoms with van der Waals surface area (Å²) in [4.78, 5) is 14.1. The van der Waals surface area contributed by atoms with Gasteiger partial charge in [0.05, 0.1) is 12.1 Å². The number of para-hydroxylation sites is 1. The van der Waals surface area contributed by atoms with Crippen molar-refractivity contribution < 1.29 is 19.7 Å². The average Bonchev–Trinajstić information content (AvgIpc) is 2.68. The molecule has 0 saturated carbocycles. The van der Waals surface area contributed by atoms with Crippen LogP contribution in [0.4, 0.5) is 0 Å². The van der Waals surface area contributed by atoms with Gasteiger partial charge in [-0.2, -0.15) is 0 Å². The Morgan fingerprint density at radius 3 is 2.76 bits per heavy atom. The predicted octanol–water partition coefficient (Wildman–Crippen LogP) is 2.13. The molecule has 1 aliphatic rings. The summed E-state index contributed by atoms with van der Waals surface area (Å²) in [6.45, 7) is 1.27. The Hall–Kier alpha value is -2.69. The zero-order chi connectivity index (χ0) is 14.8. The Morgan fingerprint density at radius 2 is 1.95 bits per heavy atom. The molecule has 0 unspecified atom stereocenters. The van der Waals surface area contributed by atoms with Crippen LogP contribution in [0.1, 0.15) is 15.9 Å². The molecular formula is C16H15NO4. The maximum atomic E-state index is 12.5. The Bertz CT molecular complexity index is 684. The largest absolute Gasteiger partial charge is 0.508 e. The molecule has 2 N–H and O–H groups in total. The molecule has 21 heavy (non-hydrogen) atoms. The van der Waals surface area contributed by atoms with Crippen molar-refractivity contribution in [3.05, 3.63) is 53.6 Å². The van der Waals surface area contributed by atoms with Gasteiger partial charge in [-0.3, -0.25) is 4.79 Å². The maximum absolute atomic E-state index is 12.5. The van der Waals surface area contributed by atoms with Gasteiger partial charge in [-0.1, -0.05) is 18.2 Å². The fraction of sp³-hybridized carbons (Fsp3) is 0.188. The maximum Gasteiger partial charge on any atom is 0.258 e. The molecule has 1 aliphatic heterocycles. The van der Waals surface area contributed by atoms with Crippen molar-refractivity contribution in [2.75, 3.05) is 13.2 Å². The van der Waals surface area contributed by atoms with E-state index in [9.17, 15) is 15.0 Å². The SMILES string of the molecule is O=C(c1ccc(O)cc1O)N1CCOc2ccccc2C1. The smallest absolute Gasteiger partial charge is 0.258 e. The van der Waals surface area contributed by atoms with Crippen LogP contribution in [-0.4, -0.2) is 34.2 Å². The first-order chi connectivity index (χ1) is 10.1. The number of fused-ring (bicyclic) bond motifs is 1. The summed E-state index contributed by atoms with van der Waals surface area (Å²) in [5.41, 5.74) is 1.11. The Balaban J connectivity index is 1.88. The van der Waals surface area contributed by atoms with Crippen molar-refractivity contribution in [1.82, 2.24) is 4.90 Å². The monoisotopic (exact) mass is 285 g/mol. The van der Waals surface area contributed by atoms with E-state index in [1.54, 1.807) is 4.90 Å². The molecule has 2 aromatic rings. The van der Waals surface area contributed by atoms with Gasteiger partial charge in [0.25, 0.3) is 5.91 Å². The topological polar surface area (TPSA) is 70.0 Å². The molecule has 1 heterocycles. The van der Waals surface area contributed by atoms with Crippen molar-refractivity contribution in [3.8, 4) is 17.2 Å². The van der Waals surface area contributed by atoms with E-state index < -0.39 is 0 Å². The highest BCUT2D eigenvalue weighted by atomic mass is 16.5. The number of rotatable bonds is 1. The van der Waals surface area contributed by atoms with Gasteiger partial charge in [0, 0.05) is 18.2 Å². The summed E-state index contributed by atoms with van der Waals surface area (Å²) >= 11 is 0. The van der Waals surface area contributed by atoms with Crippen LogP contribution in [0.3, 0.4) is 0 Å². The Labute approximate surface area is 122 Å². The number of aromatic hydroxyl groups is 2. The second-order valence-corrected chi connectivity index (χ2v) is 4.88. The lowest BCUT2D eigenvalue weighted by Gasteiger charge is -2.20. The zero-order valence-electron chi connectivity index (χ0n) is 11.3. The van der Waals surface area contributed by atoms with Gasteiger partial charge >= 0.3 is 0 Å². The first kappa shape index (κ1) is 13.3. The molecule has 5 heteroatoms. The third-order valence-electron chi connectivity index (χ3n) is 3.45. The lowest BCUT2D eigenvalue weighted by atomic mass is 10.1. The highest BCUT2D eigenvalue weighted by Gasteiger charge is 2.22. The quantitative estimate of drug-likeness (QED) is 0.842. The Morgan fingerprint density at radius 1 is 1.14 bits per heavy atom. The van der Waals surface area contributed by atoms with Gasteiger partial charge in [0.2, 0.25) is 0 Å². The van der Waals surface area contributed by atoms with Crippen LogP contribution < -0.4 is 4.74 Å². The van der Waals surface area contributed by atoms with E-state index in [0.717, 1.165) is 17.4 Å². The number of carbonyl (C=O) groups excluding carboxylic acids is 1. The summed E-state index contributed by atoms with van der Waals surface area (Å²) in [6.07, 6.45) is 0. The molecule has 0 saturated heterocycles. The summed E-state index contributed by atoms with van der Waals surface area (Å²) in [6, 6.07) is 11.5. The predicted molar refractivity (Wildman–Crippen MR) is 76.4 cm³/mol. The second-order valence-electron chi connectivity index (χ2n) is 4.88. The zero-order valence-corrected chi connectivity index (χ0v) is 11.3. The van der Waals surface area contributed by atoms with Gasteiger partial charge < -0.3 is 19.8 Å². The fourth-order valence-electron chi connectivity index (χ4n) is 2.37. The van der Waals surface area contributed by atoms with Crippen molar-refractivity contribution in [1.29, 1.82) is 0 Å². The number of amides is 1. The lowest BCUT2D eigenvalue weighted by molar-refractivity contribution is 0.0730. The van der Waals surface area contributed by atoms with Crippen LogP contribution in [0.25, 0.3) is 0 Å². The highest BCUT2D eigenvalue weighted by Crippen LogP contribution is 2.27. The first-order valence-corrected chi connectivity index (χ1v) is 6.67. The summed E-state index contributed by atoms with van der Waals surface area (Å²) in [5.74, 6) is 0.197. The van der Waals surface area contributed by atoms with Crippen molar-refractivity contribution in [3.63, 3.8) is 0 Å². The van der Waals surface area contributed by atoms with Crippen LogP contribution in [0.15, 0.2) is 42.5 Å². The van der Waals surface area contributed by atoms with Gasteiger partial charge in [-0.05, 0) is 18.2 Å². The molecule has 0 spiro atoms.